The van der Waals surface area contributed by atoms with E-state index in [9.17, 15) is 14.7 Å². The van der Waals surface area contributed by atoms with Crippen molar-refractivity contribution in [3.05, 3.63) is 48.8 Å². The summed E-state index contributed by atoms with van der Waals surface area (Å²) in [5, 5.41) is 12.0. The fraction of sp³-hybridized carbons (Fsp3) is 0.348. The lowest BCUT2D eigenvalue weighted by molar-refractivity contribution is -0.172. The summed E-state index contributed by atoms with van der Waals surface area (Å²) in [6.07, 6.45) is 0.112. The number of nitrogens with zero attached hydrogens (tertiary/aromatic N) is 3. The fourth-order valence-corrected chi connectivity index (χ4v) is 5.14. The number of aromatic nitrogens is 2. The van der Waals surface area contributed by atoms with Gasteiger partial charge < -0.3 is 25.0 Å². The molecule has 2 aliphatic heterocycles. The number of nitrogens with two attached hydrogens (primary N) is 1. The lowest BCUT2D eigenvalue weighted by Gasteiger charge is -2.31. The first-order valence-electron chi connectivity index (χ1n) is 10.5. The molecule has 3 N–H and O–H groups in total. The third kappa shape index (κ3) is 2.73. The molecule has 0 spiro atoms. The standard InChI is InChI=1S/C23H23IN4O4/c1-4-23(31)14-7-18-19-12(9-28(18)21(29)13(14)10-32-22(23)30)20(27(3)5-2)11-6-16(25)15(24)8-17(11)26-19/h6-8,31H,4-5,9-10,25H2,1-3H3/t23-/m0/s1. The Morgan fingerprint density at radius 1 is 1.28 bits per heavy atom. The van der Waals surface area contributed by atoms with E-state index >= 15 is 0 Å². The maximum absolute atomic E-state index is 13.4. The molecule has 2 aliphatic rings. The average molecular weight is 546 g/mol. The highest BCUT2D eigenvalue weighted by Crippen LogP contribution is 2.43. The minimum absolute atomic E-state index is 0.112. The molecule has 8 nitrogen and oxygen atoms in total. The topological polar surface area (TPSA) is 111 Å². The van der Waals surface area contributed by atoms with Crippen molar-refractivity contribution in [2.75, 3.05) is 24.2 Å². The SMILES string of the molecule is CCN(C)c1c2c(nc3cc(I)c(N)cc13)-c1cc3c(c(=O)n1C2)COC(=O)[C@]3(O)CC. The maximum Gasteiger partial charge on any atom is 0.343 e. The van der Waals surface area contributed by atoms with E-state index in [1.165, 1.54) is 0 Å². The van der Waals surface area contributed by atoms with Gasteiger partial charge in [0.2, 0.25) is 0 Å². The van der Waals surface area contributed by atoms with Gasteiger partial charge >= 0.3 is 5.97 Å². The number of carbonyl (C=O) groups excluding carboxylic acids is 1. The lowest BCUT2D eigenvalue weighted by atomic mass is 9.86. The van der Waals surface area contributed by atoms with E-state index in [0.717, 1.165) is 32.3 Å². The zero-order valence-electron chi connectivity index (χ0n) is 18.0. The molecule has 0 fully saturated rings. The van der Waals surface area contributed by atoms with Gasteiger partial charge in [0.25, 0.3) is 5.56 Å². The second kappa shape index (κ2) is 7.17. The second-order valence-electron chi connectivity index (χ2n) is 8.30. The van der Waals surface area contributed by atoms with Crippen LogP contribution in [0, 0.1) is 3.57 Å². The number of halogens is 1. The minimum atomic E-state index is -1.84. The van der Waals surface area contributed by atoms with Crippen LogP contribution >= 0.6 is 22.6 Å². The van der Waals surface area contributed by atoms with Crippen molar-refractivity contribution in [2.24, 2.45) is 0 Å². The Bertz CT molecular complexity index is 1380. The van der Waals surface area contributed by atoms with E-state index in [1.54, 1.807) is 17.6 Å². The number of hydrogen-bond donors (Lipinski definition) is 2. The predicted molar refractivity (Wildman–Crippen MR) is 131 cm³/mol. The van der Waals surface area contributed by atoms with E-state index in [-0.39, 0.29) is 18.6 Å². The number of hydrogen-bond acceptors (Lipinski definition) is 7. The number of rotatable bonds is 3. The number of anilines is 2. The number of cyclic esters (lactones) is 1. The Morgan fingerprint density at radius 3 is 2.72 bits per heavy atom. The molecule has 0 amide bonds. The van der Waals surface area contributed by atoms with Gasteiger partial charge in [-0.1, -0.05) is 6.92 Å². The van der Waals surface area contributed by atoms with Gasteiger partial charge in [0.1, 0.15) is 6.61 Å². The second-order valence-corrected chi connectivity index (χ2v) is 9.46. The van der Waals surface area contributed by atoms with Crippen molar-refractivity contribution >= 4 is 50.8 Å². The van der Waals surface area contributed by atoms with E-state index in [0.29, 0.717) is 34.7 Å². The molecule has 5 rings (SSSR count). The van der Waals surface area contributed by atoms with Gasteiger partial charge in [-0.25, -0.2) is 9.78 Å². The number of esters is 1. The summed E-state index contributed by atoms with van der Waals surface area (Å²) in [4.78, 5) is 32.9. The zero-order chi connectivity index (χ0) is 22.9. The van der Waals surface area contributed by atoms with Crippen molar-refractivity contribution in [3.8, 4) is 11.4 Å². The van der Waals surface area contributed by atoms with Crippen molar-refractivity contribution in [1.29, 1.82) is 0 Å². The molecule has 9 heteroatoms. The summed E-state index contributed by atoms with van der Waals surface area (Å²) in [6.45, 7) is 4.73. The molecular formula is C23H23IN4O4. The van der Waals surface area contributed by atoms with Crippen LogP contribution < -0.4 is 16.2 Å². The molecule has 166 valence electrons. The molecule has 32 heavy (non-hydrogen) atoms. The first kappa shape index (κ1) is 21.2. The number of ether oxygens (including phenoxy) is 1. The first-order valence-corrected chi connectivity index (χ1v) is 11.6. The van der Waals surface area contributed by atoms with Crippen molar-refractivity contribution < 1.29 is 14.6 Å². The lowest BCUT2D eigenvalue weighted by Crippen LogP contribution is -2.44. The number of aliphatic hydroxyl groups is 1. The summed E-state index contributed by atoms with van der Waals surface area (Å²) in [7, 11) is 2.00. The Hall–Kier alpha value is -2.66. The summed E-state index contributed by atoms with van der Waals surface area (Å²) < 4.78 is 7.71. The van der Waals surface area contributed by atoms with E-state index in [2.05, 4.69) is 34.4 Å². The first-order chi connectivity index (χ1) is 15.2. The highest BCUT2D eigenvalue weighted by molar-refractivity contribution is 14.1. The molecule has 3 aromatic rings. The van der Waals surface area contributed by atoms with Gasteiger partial charge in [0, 0.05) is 39.4 Å². The zero-order valence-corrected chi connectivity index (χ0v) is 20.2. The van der Waals surface area contributed by atoms with Crippen LogP contribution in [-0.4, -0.2) is 34.2 Å². The van der Waals surface area contributed by atoms with Gasteiger partial charge in [-0.15, -0.1) is 0 Å². The van der Waals surface area contributed by atoms with Crippen molar-refractivity contribution in [2.45, 2.75) is 39.0 Å². The number of benzene rings is 1. The van der Waals surface area contributed by atoms with E-state index in [4.69, 9.17) is 15.5 Å². The van der Waals surface area contributed by atoms with Gasteiger partial charge in [-0.05, 0) is 54.1 Å². The molecule has 0 aliphatic carbocycles. The summed E-state index contributed by atoms with van der Waals surface area (Å²) in [6, 6.07) is 5.62. The highest BCUT2D eigenvalue weighted by atomic mass is 127. The van der Waals surface area contributed by atoms with Crippen LogP contribution in [0.15, 0.2) is 23.0 Å². The van der Waals surface area contributed by atoms with Crippen LogP contribution in [0.5, 0.6) is 0 Å². The van der Waals surface area contributed by atoms with Crippen LogP contribution in [-0.2, 0) is 28.3 Å². The number of carbonyl (C=O) groups is 1. The maximum atomic E-state index is 13.4. The van der Waals surface area contributed by atoms with E-state index < -0.39 is 11.6 Å². The number of fused-ring (bicyclic) bond motifs is 5. The van der Waals surface area contributed by atoms with Crippen LogP contribution in [0.25, 0.3) is 22.3 Å². The third-order valence-corrected chi connectivity index (χ3v) is 7.57. The Morgan fingerprint density at radius 2 is 2.03 bits per heavy atom. The van der Waals surface area contributed by atoms with Gasteiger partial charge in [0.15, 0.2) is 5.60 Å². The Kier molecular flexibility index (Phi) is 4.75. The smallest absolute Gasteiger partial charge is 0.343 e. The average Bonchev–Trinajstić information content (AvgIpc) is 3.14. The molecule has 4 heterocycles. The highest BCUT2D eigenvalue weighted by Gasteiger charge is 2.45. The molecule has 0 bridgehead atoms. The normalized spacial score (nSPS) is 18.8. The summed E-state index contributed by atoms with van der Waals surface area (Å²) >= 11 is 2.19. The molecular weight excluding hydrogens is 523 g/mol. The quantitative estimate of drug-likeness (QED) is 0.231. The summed E-state index contributed by atoms with van der Waals surface area (Å²) in [5.74, 6) is -0.724. The molecule has 2 aromatic heterocycles. The van der Waals surface area contributed by atoms with Crippen LogP contribution in [0.3, 0.4) is 0 Å². The third-order valence-electron chi connectivity index (χ3n) is 6.63. The van der Waals surface area contributed by atoms with Gasteiger partial charge in [-0.2, -0.15) is 0 Å². The Labute approximate surface area is 198 Å². The monoisotopic (exact) mass is 546 g/mol. The molecule has 0 unspecified atom stereocenters. The number of nitrogen functional groups attached to an aromatic ring is 1. The molecule has 1 atom stereocenters. The van der Waals surface area contributed by atoms with Crippen molar-refractivity contribution in [3.63, 3.8) is 0 Å². The van der Waals surface area contributed by atoms with Crippen LogP contribution in [0.1, 0.15) is 37.0 Å². The molecule has 1 aromatic carbocycles. The fourth-order valence-electron chi connectivity index (χ4n) is 4.69. The predicted octanol–water partition coefficient (Wildman–Crippen LogP) is 2.72. The molecule has 0 saturated carbocycles. The van der Waals surface area contributed by atoms with Gasteiger partial charge in [0.05, 0.1) is 34.7 Å². The van der Waals surface area contributed by atoms with E-state index in [1.807, 2.05) is 19.2 Å². The summed E-state index contributed by atoms with van der Waals surface area (Å²) in [5.41, 5.74) is 9.39. The molecule has 0 radical (unpaired) electrons. The molecule has 0 saturated heterocycles. The Balaban J connectivity index is 1.86. The minimum Gasteiger partial charge on any atom is -0.458 e. The van der Waals surface area contributed by atoms with Crippen molar-refractivity contribution in [1.82, 2.24) is 9.55 Å². The largest absolute Gasteiger partial charge is 0.458 e. The van der Waals surface area contributed by atoms with Gasteiger partial charge in [-0.3, -0.25) is 4.79 Å². The number of pyridine rings is 2. The van der Waals surface area contributed by atoms with Crippen LogP contribution in [0.4, 0.5) is 11.4 Å². The van der Waals surface area contributed by atoms with Crippen LogP contribution in [0.2, 0.25) is 0 Å².